The Morgan fingerprint density at radius 3 is 2.81 bits per heavy atom. The van der Waals surface area contributed by atoms with E-state index in [1.807, 2.05) is 18.2 Å². The summed E-state index contributed by atoms with van der Waals surface area (Å²) in [6.45, 7) is 2.88. The Kier molecular flexibility index (Phi) is 3.98. The lowest BCUT2D eigenvalue weighted by Crippen LogP contribution is -2.50. The van der Waals surface area contributed by atoms with Crippen molar-refractivity contribution in [2.24, 2.45) is 0 Å². The lowest BCUT2D eigenvalue weighted by Gasteiger charge is -2.37. The van der Waals surface area contributed by atoms with Crippen molar-refractivity contribution in [3.63, 3.8) is 0 Å². The molecule has 0 bridgehead atoms. The van der Waals surface area contributed by atoms with Gasteiger partial charge in [0.15, 0.2) is 0 Å². The van der Waals surface area contributed by atoms with Crippen LogP contribution in [0.4, 0.5) is 10.5 Å². The number of aliphatic hydroxyl groups excluding tert-OH is 1. The molecule has 3 rings (SSSR count). The van der Waals surface area contributed by atoms with E-state index < -0.39 is 6.10 Å². The Morgan fingerprint density at radius 1 is 1.33 bits per heavy atom. The number of ether oxygens (including phenoxy) is 2. The summed E-state index contributed by atoms with van der Waals surface area (Å²) >= 11 is 0. The molecule has 2 aliphatic heterocycles. The molecule has 6 heteroatoms. The lowest BCUT2D eigenvalue weighted by atomic mass is 9.99. The number of methoxy groups -OCH3 is 1. The fraction of sp³-hybridized carbons (Fsp3) is 0.533. The normalized spacial score (nSPS) is 21.9. The molecule has 2 amide bonds. The second-order valence-electron chi connectivity index (χ2n) is 5.26. The van der Waals surface area contributed by atoms with E-state index in [9.17, 15) is 9.90 Å². The second-order valence-corrected chi connectivity index (χ2v) is 5.26. The number of amides is 2. The molecule has 1 aromatic carbocycles. The summed E-state index contributed by atoms with van der Waals surface area (Å²) in [6, 6.07) is 5.43. The van der Waals surface area contributed by atoms with Crippen molar-refractivity contribution >= 4 is 11.7 Å². The van der Waals surface area contributed by atoms with E-state index in [0.29, 0.717) is 45.0 Å². The van der Waals surface area contributed by atoms with Crippen LogP contribution >= 0.6 is 0 Å². The van der Waals surface area contributed by atoms with E-state index in [1.54, 1.807) is 16.9 Å². The minimum absolute atomic E-state index is 0.0281. The minimum Gasteiger partial charge on any atom is -0.497 e. The van der Waals surface area contributed by atoms with Crippen molar-refractivity contribution in [3.8, 4) is 5.75 Å². The molecule has 6 nitrogen and oxygen atoms in total. The molecule has 0 radical (unpaired) electrons. The molecule has 1 atom stereocenters. The van der Waals surface area contributed by atoms with Crippen molar-refractivity contribution in [2.45, 2.75) is 12.5 Å². The molecular weight excluding hydrogens is 272 g/mol. The molecule has 0 aliphatic carbocycles. The number of aliphatic hydroxyl groups is 1. The van der Waals surface area contributed by atoms with Crippen molar-refractivity contribution in [1.82, 2.24) is 4.90 Å². The van der Waals surface area contributed by atoms with E-state index >= 15 is 0 Å². The Bertz CT molecular complexity index is 528. The van der Waals surface area contributed by atoms with Gasteiger partial charge in [0.2, 0.25) is 0 Å². The van der Waals surface area contributed by atoms with Gasteiger partial charge in [0, 0.05) is 31.3 Å². The summed E-state index contributed by atoms with van der Waals surface area (Å²) in [5.74, 6) is 0.683. The van der Waals surface area contributed by atoms with Gasteiger partial charge in [-0.3, -0.25) is 4.90 Å². The van der Waals surface area contributed by atoms with Crippen molar-refractivity contribution in [2.75, 3.05) is 44.9 Å². The zero-order chi connectivity index (χ0) is 14.8. The van der Waals surface area contributed by atoms with Crippen LogP contribution < -0.4 is 9.64 Å². The summed E-state index contributed by atoms with van der Waals surface area (Å²) in [6.07, 6.45) is 0.0229. The number of fused-ring (bicyclic) bond motifs is 1. The van der Waals surface area contributed by atoms with Gasteiger partial charge in [-0.1, -0.05) is 6.07 Å². The summed E-state index contributed by atoms with van der Waals surface area (Å²) in [7, 11) is 1.59. The minimum atomic E-state index is -0.528. The van der Waals surface area contributed by atoms with Gasteiger partial charge in [0.05, 0.1) is 32.1 Å². The van der Waals surface area contributed by atoms with Gasteiger partial charge in [-0.25, -0.2) is 4.79 Å². The van der Waals surface area contributed by atoms with E-state index in [0.717, 1.165) is 11.3 Å². The van der Waals surface area contributed by atoms with Crippen LogP contribution in [0.5, 0.6) is 5.75 Å². The van der Waals surface area contributed by atoms with Gasteiger partial charge in [0.1, 0.15) is 5.75 Å². The van der Waals surface area contributed by atoms with Crippen LogP contribution in [-0.2, 0) is 4.74 Å². The third-order valence-corrected chi connectivity index (χ3v) is 4.03. The van der Waals surface area contributed by atoms with Crippen LogP contribution in [0, 0.1) is 0 Å². The maximum atomic E-state index is 12.7. The number of carbonyl (C=O) groups excluding carboxylic acids is 1. The first kappa shape index (κ1) is 14.2. The molecule has 0 spiro atoms. The standard InChI is InChI=1S/C15H20N2O4/c1-20-11-2-3-12-13(10-11)17(5-4-14(12)18)15(19)16-6-8-21-9-7-16/h2-3,10,14,18H,4-9H2,1H3. The van der Waals surface area contributed by atoms with Crippen LogP contribution in [0.3, 0.4) is 0 Å². The Labute approximate surface area is 123 Å². The molecule has 1 fully saturated rings. The van der Waals surface area contributed by atoms with Crippen molar-refractivity contribution in [1.29, 1.82) is 0 Å². The molecule has 0 saturated carbocycles. The Morgan fingerprint density at radius 2 is 2.10 bits per heavy atom. The van der Waals surface area contributed by atoms with E-state index in [1.165, 1.54) is 0 Å². The smallest absolute Gasteiger partial charge is 0.324 e. The zero-order valence-corrected chi connectivity index (χ0v) is 12.1. The molecule has 2 aliphatic rings. The van der Waals surface area contributed by atoms with Crippen molar-refractivity contribution < 1.29 is 19.4 Å². The molecule has 1 unspecified atom stereocenters. The number of hydrogen-bond donors (Lipinski definition) is 1. The molecule has 114 valence electrons. The molecule has 1 aromatic rings. The average molecular weight is 292 g/mol. The second kappa shape index (κ2) is 5.91. The maximum absolute atomic E-state index is 12.7. The summed E-state index contributed by atoms with van der Waals surface area (Å²) in [5, 5.41) is 10.1. The highest BCUT2D eigenvalue weighted by atomic mass is 16.5. The average Bonchev–Trinajstić information content (AvgIpc) is 2.55. The number of carbonyl (C=O) groups is 1. The predicted octanol–water partition coefficient (Wildman–Crippen LogP) is 1.39. The Hall–Kier alpha value is -1.79. The first-order chi connectivity index (χ1) is 10.2. The van der Waals surface area contributed by atoms with Crippen LogP contribution in [0.15, 0.2) is 18.2 Å². The van der Waals surface area contributed by atoms with E-state index in [-0.39, 0.29) is 6.03 Å². The quantitative estimate of drug-likeness (QED) is 0.849. The molecule has 2 heterocycles. The number of nitrogens with zero attached hydrogens (tertiary/aromatic N) is 2. The summed E-state index contributed by atoms with van der Waals surface area (Å²) < 4.78 is 10.5. The number of hydrogen-bond acceptors (Lipinski definition) is 4. The van der Waals surface area contributed by atoms with Gasteiger partial charge in [-0.05, 0) is 12.5 Å². The molecular formula is C15H20N2O4. The maximum Gasteiger partial charge on any atom is 0.324 e. The first-order valence-corrected chi connectivity index (χ1v) is 7.21. The third-order valence-electron chi connectivity index (χ3n) is 4.03. The highest BCUT2D eigenvalue weighted by Crippen LogP contribution is 2.36. The molecule has 0 aromatic heterocycles. The summed E-state index contributed by atoms with van der Waals surface area (Å²) in [4.78, 5) is 16.2. The number of morpholine rings is 1. The lowest BCUT2D eigenvalue weighted by molar-refractivity contribution is 0.0544. The SMILES string of the molecule is COc1ccc2c(c1)N(C(=O)N1CCOCC1)CCC2O. The topological polar surface area (TPSA) is 62.2 Å². The number of urea groups is 1. The third kappa shape index (κ3) is 2.69. The first-order valence-electron chi connectivity index (χ1n) is 7.21. The molecule has 21 heavy (non-hydrogen) atoms. The highest BCUT2D eigenvalue weighted by Gasteiger charge is 2.31. The van der Waals surface area contributed by atoms with Gasteiger partial charge >= 0.3 is 6.03 Å². The largest absolute Gasteiger partial charge is 0.497 e. The van der Waals surface area contributed by atoms with Gasteiger partial charge in [-0.2, -0.15) is 0 Å². The van der Waals surface area contributed by atoms with E-state index in [2.05, 4.69) is 0 Å². The number of anilines is 1. The number of benzene rings is 1. The Balaban J connectivity index is 1.90. The highest BCUT2D eigenvalue weighted by molar-refractivity contribution is 5.93. The van der Waals surface area contributed by atoms with Gasteiger partial charge in [-0.15, -0.1) is 0 Å². The van der Waals surface area contributed by atoms with Gasteiger partial charge in [0.25, 0.3) is 0 Å². The monoisotopic (exact) mass is 292 g/mol. The molecule has 1 saturated heterocycles. The van der Waals surface area contributed by atoms with Gasteiger partial charge < -0.3 is 19.5 Å². The van der Waals surface area contributed by atoms with Crippen LogP contribution in [0.25, 0.3) is 0 Å². The van der Waals surface area contributed by atoms with Crippen LogP contribution in [0.2, 0.25) is 0 Å². The van der Waals surface area contributed by atoms with Crippen molar-refractivity contribution in [3.05, 3.63) is 23.8 Å². The van der Waals surface area contributed by atoms with E-state index in [4.69, 9.17) is 9.47 Å². The zero-order valence-electron chi connectivity index (χ0n) is 12.1. The predicted molar refractivity (Wildman–Crippen MR) is 77.7 cm³/mol. The molecule has 1 N–H and O–H groups in total. The van der Waals surface area contributed by atoms with Crippen LogP contribution in [0.1, 0.15) is 18.1 Å². The number of rotatable bonds is 1. The van der Waals surface area contributed by atoms with Crippen LogP contribution in [-0.4, -0.2) is 56.0 Å². The fourth-order valence-electron chi connectivity index (χ4n) is 2.82. The fourth-order valence-corrected chi connectivity index (χ4v) is 2.82. The summed E-state index contributed by atoms with van der Waals surface area (Å²) in [5.41, 5.74) is 1.52.